The molecular formula is C27H28F3N5O4S. The van der Waals surface area contributed by atoms with Gasteiger partial charge in [-0.25, -0.2) is 30.9 Å². The van der Waals surface area contributed by atoms with E-state index in [2.05, 4.69) is 9.98 Å². The standard InChI is InChI=1S/C27H28F3N5O4S/c1-38-16-35(40(36,37)24-14-18(28)5-6-22(24)29)23-4-2-3-20(26(23)30)27(32)21(17-7-10-33-25(31)13-17)15-34-19-8-11-39-12-9-19/h2-7,10,13-15,19H,8-9,11-12,16,32H2,1H3,(H2,31,33). The van der Waals surface area contributed by atoms with E-state index >= 15 is 4.39 Å². The largest absolute Gasteiger partial charge is 0.398 e. The Labute approximate surface area is 230 Å². The van der Waals surface area contributed by atoms with Gasteiger partial charge in [-0.1, -0.05) is 6.07 Å². The lowest BCUT2D eigenvalue weighted by Gasteiger charge is -2.25. The van der Waals surface area contributed by atoms with Gasteiger partial charge in [0.15, 0.2) is 5.82 Å². The van der Waals surface area contributed by atoms with Gasteiger partial charge in [0, 0.05) is 43.9 Å². The van der Waals surface area contributed by atoms with Crippen molar-refractivity contribution >= 4 is 39.0 Å². The Balaban J connectivity index is 1.85. The van der Waals surface area contributed by atoms with Crippen LogP contribution < -0.4 is 15.8 Å². The van der Waals surface area contributed by atoms with Crippen molar-refractivity contribution in [3.8, 4) is 0 Å². The molecule has 2 heterocycles. The van der Waals surface area contributed by atoms with Gasteiger partial charge in [0.25, 0.3) is 10.0 Å². The van der Waals surface area contributed by atoms with Crippen molar-refractivity contribution in [3.63, 3.8) is 0 Å². The Bertz CT molecular complexity index is 1540. The minimum absolute atomic E-state index is 0.0320. The molecule has 0 bridgehead atoms. The number of sulfonamides is 1. The second-order valence-corrected chi connectivity index (χ2v) is 10.7. The van der Waals surface area contributed by atoms with Crippen LogP contribution in [0.15, 0.2) is 64.6 Å². The molecule has 0 amide bonds. The smallest absolute Gasteiger partial charge is 0.269 e. The normalized spacial score (nSPS) is 15.3. The fourth-order valence-corrected chi connectivity index (χ4v) is 5.63. The van der Waals surface area contributed by atoms with Crippen molar-refractivity contribution in [2.45, 2.75) is 23.8 Å². The van der Waals surface area contributed by atoms with Crippen LogP contribution in [0.3, 0.4) is 0 Å². The van der Waals surface area contributed by atoms with Crippen molar-refractivity contribution in [1.29, 1.82) is 0 Å². The number of nitrogen functional groups attached to an aromatic ring is 1. The topological polar surface area (TPSA) is 133 Å². The minimum atomic E-state index is -4.80. The number of nitrogens with zero attached hydrogens (tertiary/aromatic N) is 3. The summed E-state index contributed by atoms with van der Waals surface area (Å²) >= 11 is 0. The highest BCUT2D eigenvalue weighted by molar-refractivity contribution is 7.92. The third-order valence-corrected chi connectivity index (χ3v) is 7.98. The average Bonchev–Trinajstić information content (AvgIpc) is 2.94. The molecule has 0 unspecified atom stereocenters. The van der Waals surface area contributed by atoms with Crippen molar-refractivity contribution in [1.82, 2.24) is 4.98 Å². The summed E-state index contributed by atoms with van der Waals surface area (Å²) < 4.78 is 82.1. The van der Waals surface area contributed by atoms with Crippen molar-refractivity contribution in [3.05, 3.63) is 83.3 Å². The zero-order chi connectivity index (χ0) is 28.9. The SMILES string of the molecule is COCN(c1cccc(C(N)=C(C=NC2CCOCC2)c2ccnc(N)c2)c1F)S(=O)(=O)c1cc(F)ccc1F. The van der Waals surface area contributed by atoms with Crippen molar-refractivity contribution in [2.75, 3.05) is 37.1 Å². The van der Waals surface area contributed by atoms with E-state index in [0.29, 0.717) is 53.6 Å². The number of hydrogen-bond acceptors (Lipinski definition) is 8. The van der Waals surface area contributed by atoms with Gasteiger partial charge < -0.3 is 20.9 Å². The third kappa shape index (κ3) is 6.27. The Hall–Kier alpha value is -3.94. The molecule has 1 aliphatic rings. The van der Waals surface area contributed by atoms with E-state index in [0.717, 1.165) is 6.07 Å². The lowest BCUT2D eigenvalue weighted by atomic mass is 10.00. The first-order valence-corrected chi connectivity index (χ1v) is 13.7. The highest BCUT2D eigenvalue weighted by Gasteiger charge is 2.31. The molecule has 1 aromatic heterocycles. The fourth-order valence-electron chi connectivity index (χ4n) is 4.17. The monoisotopic (exact) mass is 575 g/mol. The molecule has 2 aromatic carbocycles. The first-order chi connectivity index (χ1) is 19.1. The third-order valence-electron chi connectivity index (χ3n) is 6.23. The van der Waals surface area contributed by atoms with Crippen molar-refractivity contribution in [2.24, 2.45) is 10.7 Å². The maximum Gasteiger partial charge on any atom is 0.269 e. The molecule has 1 saturated heterocycles. The van der Waals surface area contributed by atoms with Gasteiger partial charge >= 0.3 is 0 Å². The first kappa shape index (κ1) is 29.1. The minimum Gasteiger partial charge on any atom is -0.398 e. The molecule has 0 saturated carbocycles. The predicted octanol–water partition coefficient (Wildman–Crippen LogP) is 3.96. The summed E-state index contributed by atoms with van der Waals surface area (Å²) in [6.45, 7) is 0.428. The molecule has 0 atom stereocenters. The van der Waals surface area contributed by atoms with E-state index < -0.39 is 44.8 Å². The quantitative estimate of drug-likeness (QED) is 0.292. The van der Waals surface area contributed by atoms with Gasteiger partial charge in [0.05, 0.1) is 17.4 Å². The van der Waals surface area contributed by atoms with E-state index in [-0.39, 0.29) is 23.1 Å². The predicted molar refractivity (Wildman–Crippen MR) is 146 cm³/mol. The summed E-state index contributed by atoms with van der Waals surface area (Å²) in [6.07, 6.45) is 4.39. The van der Waals surface area contributed by atoms with Gasteiger partial charge in [-0.3, -0.25) is 4.99 Å². The summed E-state index contributed by atoms with van der Waals surface area (Å²) in [6, 6.07) is 9.02. The van der Waals surface area contributed by atoms with E-state index in [1.165, 1.54) is 37.7 Å². The van der Waals surface area contributed by atoms with Crippen LogP contribution in [-0.4, -0.2) is 52.7 Å². The zero-order valence-electron chi connectivity index (χ0n) is 21.6. The number of rotatable bonds is 9. The summed E-state index contributed by atoms with van der Waals surface area (Å²) in [5, 5.41) is 0. The first-order valence-electron chi connectivity index (χ1n) is 12.2. The molecule has 3 aromatic rings. The highest BCUT2D eigenvalue weighted by atomic mass is 32.2. The number of aliphatic imine (C=N–C) groups is 1. The number of anilines is 2. The molecule has 0 aliphatic carbocycles. The summed E-state index contributed by atoms with van der Waals surface area (Å²) in [5.74, 6) is -3.02. The van der Waals surface area contributed by atoms with Crippen LogP contribution in [0.5, 0.6) is 0 Å². The molecule has 1 aliphatic heterocycles. The van der Waals surface area contributed by atoms with Crippen LogP contribution in [0.1, 0.15) is 24.0 Å². The molecule has 0 radical (unpaired) electrons. The number of pyridine rings is 1. The highest BCUT2D eigenvalue weighted by Crippen LogP contribution is 2.33. The molecule has 13 heteroatoms. The average molecular weight is 576 g/mol. The molecule has 4 N–H and O–H groups in total. The Kier molecular flexibility index (Phi) is 9.07. The Morgan fingerprint density at radius 1 is 1.18 bits per heavy atom. The van der Waals surface area contributed by atoms with Gasteiger partial charge in [-0.2, -0.15) is 0 Å². The summed E-state index contributed by atoms with van der Waals surface area (Å²) in [7, 11) is -3.62. The maximum absolute atomic E-state index is 16.1. The number of halogens is 3. The molecule has 4 rings (SSSR count). The number of ether oxygens (including phenoxy) is 2. The van der Waals surface area contributed by atoms with Crippen LogP contribution in [0.2, 0.25) is 0 Å². The van der Waals surface area contributed by atoms with E-state index in [9.17, 15) is 17.2 Å². The van der Waals surface area contributed by atoms with Crippen LogP contribution in [-0.2, 0) is 19.5 Å². The van der Waals surface area contributed by atoms with Crippen LogP contribution >= 0.6 is 0 Å². The van der Waals surface area contributed by atoms with Gasteiger partial charge in [-0.05, 0) is 60.9 Å². The molecule has 9 nitrogen and oxygen atoms in total. The van der Waals surface area contributed by atoms with Gasteiger partial charge in [0.2, 0.25) is 0 Å². The molecule has 1 fully saturated rings. The molecule has 0 spiro atoms. The Morgan fingerprint density at radius 3 is 2.62 bits per heavy atom. The Morgan fingerprint density at radius 2 is 1.93 bits per heavy atom. The van der Waals surface area contributed by atoms with E-state index in [1.54, 1.807) is 12.1 Å². The summed E-state index contributed by atoms with van der Waals surface area (Å²) in [4.78, 5) is 7.63. The second kappa shape index (κ2) is 12.5. The van der Waals surface area contributed by atoms with Gasteiger partial charge in [0.1, 0.15) is 29.1 Å². The molecule has 212 valence electrons. The van der Waals surface area contributed by atoms with Crippen molar-refractivity contribution < 1.29 is 31.1 Å². The zero-order valence-corrected chi connectivity index (χ0v) is 22.4. The number of methoxy groups -OCH3 is 1. The van der Waals surface area contributed by atoms with Gasteiger partial charge in [-0.15, -0.1) is 0 Å². The lowest BCUT2D eigenvalue weighted by molar-refractivity contribution is 0.0872. The number of hydrogen-bond donors (Lipinski definition) is 2. The number of aromatic nitrogens is 1. The second-order valence-electron chi connectivity index (χ2n) is 8.90. The summed E-state index contributed by atoms with van der Waals surface area (Å²) in [5.41, 5.74) is 12.5. The number of nitrogens with two attached hydrogens (primary N) is 2. The number of allylic oxidation sites excluding steroid dienone is 1. The van der Waals surface area contributed by atoms with E-state index in [1.807, 2.05) is 0 Å². The molecule has 40 heavy (non-hydrogen) atoms. The molecular weight excluding hydrogens is 547 g/mol. The lowest BCUT2D eigenvalue weighted by Crippen LogP contribution is -2.34. The van der Waals surface area contributed by atoms with E-state index in [4.69, 9.17) is 20.9 Å². The van der Waals surface area contributed by atoms with Crippen LogP contribution in [0, 0.1) is 17.5 Å². The van der Waals surface area contributed by atoms with Crippen LogP contribution in [0.4, 0.5) is 24.7 Å². The number of benzene rings is 2. The van der Waals surface area contributed by atoms with Crippen LogP contribution in [0.25, 0.3) is 11.3 Å². The maximum atomic E-state index is 16.1. The fraction of sp³-hybridized carbons (Fsp3) is 0.259.